The van der Waals surface area contributed by atoms with Gasteiger partial charge in [-0.3, -0.25) is 14.4 Å². The summed E-state index contributed by atoms with van der Waals surface area (Å²) in [5.74, 6) is -0.889. The first-order valence-corrected chi connectivity index (χ1v) is 14.2. The van der Waals surface area contributed by atoms with Crippen molar-refractivity contribution in [2.45, 2.75) is 94.8 Å². The first-order valence-electron chi connectivity index (χ1n) is 14.2. The van der Waals surface area contributed by atoms with Crippen LogP contribution in [0.15, 0.2) is 30.5 Å². The standard InChI is InChI=1S/C28H37FN4O5/c1-2-37-22(34)9-10-31-28(36)19-14-33-23-17-6-4-3-5-16(17)7-8-21(23)38-27-24(33)18(26(19)35)13-20(29)25(27)32-12-11-30-15-32/h11-12,14-18,20-21,23-25,27H,2-10,13H2,1H3,(H,31,36). The van der Waals surface area contributed by atoms with E-state index in [2.05, 4.69) is 15.2 Å². The van der Waals surface area contributed by atoms with Crippen LogP contribution in [0.4, 0.5) is 4.39 Å². The van der Waals surface area contributed by atoms with E-state index in [1.807, 2.05) is 0 Å². The third kappa shape index (κ3) is 4.34. The van der Waals surface area contributed by atoms with Gasteiger partial charge in [-0.2, -0.15) is 0 Å². The highest BCUT2D eigenvalue weighted by Gasteiger charge is 2.61. The Hall–Kier alpha value is -2.75. The molecule has 0 spiro atoms. The minimum Gasteiger partial charge on any atom is -0.466 e. The molecule has 6 rings (SSSR count). The summed E-state index contributed by atoms with van der Waals surface area (Å²) in [7, 11) is 0. The van der Waals surface area contributed by atoms with Gasteiger partial charge >= 0.3 is 5.97 Å². The van der Waals surface area contributed by atoms with E-state index in [1.165, 1.54) is 19.3 Å². The average molecular weight is 529 g/mol. The molecule has 0 radical (unpaired) electrons. The van der Waals surface area contributed by atoms with E-state index in [1.54, 1.807) is 36.4 Å². The molecule has 3 saturated carbocycles. The van der Waals surface area contributed by atoms with Crippen LogP contribution >= 0.6 is 0 Å². The Morgan fingerprint density at radius 2 is 2.03 bits per heavy atom. The Kier molecular flexibility index (Phi) is 7.01. The van der Waals surface area contributed by atoms with Gasteiger partial charge in [-0.05, 0) is 44.4 Å². The van der Waals surface area contributed by atoms with Gasteiger partial charge in [-0.1, -0.05) is 19.3 Å². The zero-order valence-corrected chi connectivity index (χ0v) is 21.8. The Labute approximate surface area is 222 Å². The Bertz CT molecular complexity index is 1090. The van der Waals surface area contributed by atoms with Crippen LogP contribution in [0.25, 0.3) is 0 Å². The number of aromatic nitrogens is 2. The molecule has 206 valence electrons. The van der Waals surface area contributed by atoms with Crippen LogP contribution in [0, 0.1) is 17.8 Å². The van der Waals surface area contributed by atoms with Gasteiger partial charge in [0.2, 0.25) is 0 Å². The van der Waals surface area contributed by atoms with Crippen molar-refractivity contribution < 1.29 is 28.2 Å². The molecule has 3 heterocycles. The van der Waals surface area contributed by atoms with E-state index < -0.39 is 36.1 Å². The molecule has 0 bridgehead atoms. The van der Waals surface area contributed by atoms with Crippen LogP contribution in [-0.2, 0) is 23.9 Å². The molecule has 4 fully saturated rings. The quantitative estimate of drug-likeness (QED) is 0.447. The van der Waals surface area contributed by atoms with Gasteiger partial charge in [-0.15, -0.1) is 0 Å². The number of carbonyl (C=O) groups is 3. The molecule has 5 aliphatic rings. The average Bonchev–Trinajstić information content (AvgIpc) is 3.44. The van der Waals surface area contributed by atoms with Gasteiger partial charge in [-0.25, -0.2) is 9.37 Å². The molecule has 10 heteroatoms. The number of fused-ring (bicyclic) bond motifs is 4. The van der Waals surface area contributed by atoms with Crippen LogP contribution in [0.1, 0.15) is 64.3 Å². The normalized spacial score (nSPS) is 37.8. The second kappa shape index (κ2) is 10.4. The fraction of sp³-hybridized carbons (Fsp3) is 0.714. The summed E-state index contributed by atoms with van der Waals surface area (Å²) in [5.41, 5.74) is 0.0562. The summed E-state index contributed by atoms with van der Waals surface area (Å²) < 4.78 is 29.4. The van der Waals surface area contributed by atoms with E-state index in [0.29, 0.717) is 11.8 Å². The van der Waals surface area contributed by atoms with E-state index in [-0.39, 0.29) is 55.5 Å². The van der Waals surface area contributed by atoms with E-state index in [9.17, 15) is 14.4 Å². The lowest BCUT2D eigenvalue weighted by Crippen LogP contribution is -2.71. The highest BCUT2D eigenvalue weighted by molar-refractivity contribution is 6.20. The largest absolute Gasteiger partial charge is 0.466 e. The molecule has 1 aromatic heterocycles. The number of hydrogen-bond donors (Lipinski definition) is 1. The molecule has 9 atom stereocenters. The summed E-state index contributed by atoms with van der Waals surface area (Å²) in [6.45, 7) is 2.07. The Balaban J connectivity index is 1.34. The SMILES string of the molecule is CCOC(=O)CCNC(=O)C1=CN2C3C(CCC4CCCCC43)OC3C2C(CC(F)C3n2ccnc2)C1=O. The molecule has 0 aromatic carbocycles. The minimum atomic E-state index is -1.31. The maximum atomic E-state index is 15.9. The van der Waals surface area contributed by atoms with Crippen molar-refractivity contribution in [1.29, 1.82) is 0 Å². The molecule has 9 unspecified atom stereocenters. The third-order valence-electron chi connectivity index (χ3n) is 9.48. The number of alkyl halides is 1. The fourth-order valence-corrected chi connectivity index (χ4v) is 7.95. The number of nitrogens with zero attached hydrogens (tertiary/aromatic N) is 3. The van der Waals surface area contributed by atoms with Gasteiger partial charge in [0, 0.05) is 31.1 Å². The van der Waals surface area contributed by atoms with Crippen LogP contribution < -0.4 is 5.32 Å². The number of rotatable bonds is 6. The minimum absolute atomic E-state index is 0.0281. The van der Waals surface area contributed by atoms with Crippen LogP contribution in [0.5, 0.6) is 0 Å². The molecule has 2 aliphatic heterocycles. The Morgan fingerprint density at radius 3 is 2.82 bits per heavy atom. The number of ether oxygens (including phenoxy) is 2. The van der Waals surface area contributed by atoms with Crippen LogP contribution in [0.2, 0.25) is 0 Å². The first kappa shape index (κ1) is 25.5. The smallest absolute Gasteiger partial charge is 0.307 e. The Morgan fingerprint density at radius 1 is 1.18 bits per heavy atom. The fourth-order valence-electron chi connectivity index (χ4n) is 7.95. The molecule has 1 amide bonds. The lowest BCUT2D eigenvalue weighted by Gasteiger charge is -2.62. The maximum absolute atomic E-state index is 15.9. The number of hydrogen-bond acceptors (Lipinski definition) is 7. The number of ketones is 1. The number of imidazole rings is 1. The first-order chi connectivity index (χ1) is 18.5. The second-order valence-electron chi connectivity index (χ2n) is 11.4. The number of morpholine rings is 1. The molecule has 1 saturated heterocycles. The number of nitrogens with one attached hydrogen (secondary N) is 1. The van der Waals surface area contributed by atoms with E-state index in [4.69, 9.17) is 9.47 Å². The molecule has 9 nitrogen and oxygen atoms in total. The van der Waals surface area contributed by atoms with Crippen molar-refractivity contribution in [2.24, 2.45) is 17.8 Å². The predicted molar refractivity (Wildman–Crippen MR) is 134 cm³/mol. The van der Waals surface area contributed by atoms with Crippen molar-refractivity contribution in [2.75, 3.05) is 13.2 Å². The lowest BCUT2D eigenvalue weighted by molar-refractivity contribution is -0.220. The van der Waals surface area contributed by atoms with E-state index >= 15 is 4.39 Å². The van der Waals surface area contributed by atoms with Crippen molar-refractivity contribution in [3.63, 3.8) is 0 Å². The van der Waals surface area contributed by atoms with E-state index in [0.717, 1.165) is 19.3 Å². The molecule has 3 aliphatic carbocycles. The van der Waals surface area contributed by atoms with Gasteiger partial charge < -0.3 is 24.3 Å². The monoisotopic (exact) mass is 528 g/mol. The van der Waals surface area contributed by atoms with Crippen LogP contribution in [0.3, 0.4) is 0 Å². The number of Topliss-reactive ketones (excluding diaryl/α,β-unsaturated/α-hetero) is 1. The van der Waals surface area contributed by atoms with Gasteiger partial charge in [0.25, 0.3) is 5.91 Å². The molecule has 1 aromatic rings. The molecule has 38 heavy (non-hydrogen) atoms. The summed E-state index contributed by atoms with van der Waals surface area (Å²) in [6, 6.07) is -0.847. The van der Waals surface area contributed by atoms with Crippen molar-refractivity contribution in [1.82, 2.24) is 19.8 Å². The van der Waals surface area contributed by atoms with Gasteiger partial charge in [0.05, 0.1) is 49.2 Å². The summed E-state index contributed by atoms with van der Waals surface area (Å²) in [6.07, 6.45) is 11.6. The van der Waals surface area contributed by atoms with Crippen molar-refractivity contribution in [3.05, 3.63) is 30.5 Å². The third-order valence-corrected chi connectivity index (χ3v) is 9.48. The maximum Gasteiger partial charge on any atom is 0.307 e. The highest BCUT2D eigenvalue weighted by atomic mass is 19.1. The van der Waals surface area contributed by atoms with Crippen molar-refractivity contribution >= 4 is 17.7 Å². The van der Waals surface area contributed by atoms with Crippen molar-refractivity contribution in [3.8, 4) is 0 Å². The topological polar surface area (TPSA) is 103 Å². The molecular formula is C28H37FN4O5. The molecule has 1 N–H and O–H groups in total. The summed E-state index contributed by atoms with van der Waals surface area (Å²) >= 11 is 0. The summed E-state index contributed by atoms with van der Waals surface area (Å²) in [5, 5.41) is 2.72. The number of halogens is 1. The van der Waals surface area contributed by atoms with Gasteiger partial charge in [0.15, 0.2) is 5.78 Å². The number of carbonyl (C=O) groups excluding carboxylic acids is 3. The zero-order valence-electron chi connectivity index (χ0n) is 21.8. The number of esters is 1. The predicted octanol–water partition coefficient (Wildman–Crippen LogP) is 2.72. The second-order valence-corrected chi connectivity index (χ2v) is 11.4. The van der Waals surface area contributed by atoms with Crippen LogP contribution in [-0.4, -0.2) is 75.7 Å². The van der Waals surface area contributed by atoms with Gasteiger partial charge in [0.1, 0.15) is 12.3 Å². The number of amides is 1. The highest BCUT2D eigenvalue weighted by Crippen LogP contribution is 2.52. The zero-order chi connectivity index (χ0) is 26.4. The summed E-state index contributed by atoms with van der Waals surface area (Å²) in [4.78, 5) is 45.1. The lowest BCUT2D eigenvalue weighted by atomic mass is 9.63. The molecular weight excluding hydrogens is 491 g/mol.